The predicted molar refractivity (Wildman–Crippen MR) is 74.6 cm³/mol. The van der Waals surface area contributed by atoms with Gasteiger partial charge in [0.15, 0.2) is 9.84 Å². The molecule has 1 heterocycles. The van der Waals surface area contributed by atoms with Gasteiger partial charge < -0.3 is 5.32 Å². The van der Waals surface area contributed by atoms with Crippen LogP contribution in [0.1, 0.15) is 39.5 Å². The molecule has 1 spiro atoms. The Morgan fingerprint density at radius 3 is 2.56 bits per heavy atom. The zero-order chi connectivity index (χ0) is 13.2. The fourth-order valence-electron chi connectivity index (χ4n) is 3.11. The van der Waals surface area contributed by atoms with E-state index in [9.17, 15) is 8.42 Å². The van der Waals surface area contributed by atoms with Crippen LogP contribution in [0, 0.1) is 0 Å². The molecule has 1 saturated heterocycles. The minimum Gasteiger partial charge on any atom is -0.309 e. The molecule has 0 atom stereocenters. The van der Waals surface area contributed by atoms with Gasteiger partial charge in [-0.3, -0.25) is 4.90 Å². The smallest absolute Gasteiger partial charge is 0.153 e. The summed E-state index contributed by atoms with van der Waals surface area (Å²) in [4.78, 5) is 2.34. The van der Waals surface area contributed by atoms with Crippen molar-refractivity contribution in [3.8, 4) is 0 Å². The van der Waals surface area contributed by atoms with Gasteiger partial charge >= 0.3 is 0 Å². The topological polar surface area (TPSA) is 49.4 Å². The molecule has 2 rings (SSSR count). The van der Waals surface area contributed by atoms with Crippen LogP contribution in [0.5, 0.6) is 0 Å². The summed E-state index contributed by atoms with van der Waals surface area (Å²) >= 11 is 0. The van der Waals surface area contributed by atoms with Crippen LogP contribution in [0.2, 0.25) is 0 Å². The van der Waals surface area contributed by atoms with Crippen molar-refractivity contribution in [2.45, 2.75) is 50.3 Å². The van der Waals surface area contributed by atoms with Crippen molar-refractivity contribution in [1.82, 2.24) is 10.2 Å². The van der Waals surface area contributed by atoms with Crippen LogP contribution in [0.15, 0.2) is 0 Å². The molecule has 106 valence electrons. The van der Waals surface area contributed by atoms with Crippen LogP contribution in [-0.2, 0) is 9.84 Å². The van der Waals surface area contributed by atoms with Crippen LogP contribution in [0.3, 0.4) is 0 Å². The predicted octanol–water partition coefficient (Wildman–Crippen LogP) is 1.03. The summed E-state index contributed by atoms with van der Waals surface area (Å²) in [5, 5.41) is 3.40. The molecule has 5 heteroatoms. The maximum atomic E-state index is 11.8. The average molecular weight is 274 g/mol. The van der Waals surface area contributed by atoms with Gasteiger partial charge in [0.25, 0.3) is 0 Å². The van der Waals surface area contributed by atoms with E-state index >= 15 is 0 Å². The molecule has 2 aliphatic rings. The van der Waals surface area contributed by atoms with E-state index in [4.69, 9.17) is 0 Å². The van der Waals surface area contributed by atoms with Gasteiger partial charge in [-0.1, -0.05) is 12.8 Å². The normalized spacial score (nSPS) is 25.1. The summed E-state index contributed by atoms with van der Waals surface area (Å²) in [5.41, 5.74) is 0.292. The molecule has 0 aromatic heterocycles. The van der Waals surface area contributed by atoms with Gasteiger partial charge in [-0.15, -0.1) is 0 Å². The zero-order valence-electron chi connectivity index (χ0n) is 11.6. The maximum absolute atomic E-state index is 11.8. The lowest BCUT2D eigenvalue weighted by molar-refractivity contribution is 0.141. The van der Waals surface area contributed by atoms with Crippen LogP contribution in [-0.4, -0.2) is 56.0 Å². The zero-order valence-corrected chi connectivity index (χ0v) is 12.4. The SMILES string of the molecule is CC(C)S(=O)(=O)CCN1CCNC2(CCCC2)C1. The van der Waals surface area contributed by atoms with Crippen molar-refractivity contribution in [2.75, 3.05) is 31.9 Å². The van der Waals surface area contributed by atoms with Crippen LogP contribution >= 0.6 is 0 Å². The van der Waals surface area contributed by atoms with Crippen molar-refractivity contribution >= 4 is 9.84 Å². The highest BCUT2D eigenvalue weighted by molar-refractivity contribution is 7.92. The highest BCUT2D eigenvalue weighted by Crippen LogP contribution is 2.31. The van der Waals surface area contributed by atoms with Crippen molar-refractivity contribution < 1.29 is 8.42 Å². The Hall–Kier alpha value is -0.130. The lowest BCUT2D eigenvalue weighted by atomic mass is 9.95. The Balaban J connectivity index is 1.87. The van der Waals surface area contributed by atoms with E-state index in [1.165, 1.54) is 25.7 Å². The summed E-state index contributed by atoms with van der Waals surface area (Å²) in [5.74, 6) is 0.306. The molecule has 2 fully saturated rings. The van der Waals surface area contributed by atoms with E-state index in [2.05, 4.69) is 10.2 Å². The van der Waals surface area contributed by atoms with Crippen molar-refractivity contribution in [1.29, 1.82) is 0 Å². The molecule has 0 aromatic rings. The summed E-state index contributed by atoms with van der Waals surface area (Å²) in [7, 11) is -2.89. The Bertz CT molecular complexity index is 372. The highest BCUT2D eigenvalue weighted by Gasteiger charge is 2.37. The Morgan fingerprint density at radius 2 is 1.94 bits per heavy atom. The first-order valence-electron chi connectivity index (χ1n) is 7.13. The van der Waals surface area contributed by atoms with Crippen LogP contribution in [0.4, 0.5) is 0 Å². The summed E-state index contributed by atoms with van der Waals surface area (Å²) in [6.07, 6.45) is 5.12. The van der Waals surface area contributed by atoms with Gasteiger partial charge in [-0.25, -0.2) is 8.42 Å². The van der Waals surface area contributed by atoms with E-state index in [0.717, 1.165) is 19.6 Å². The molecule has 18 heavy (non-hydrogen) atoms. The average Bonchev–Trinajstić information content (AvgIpc) is 2.75. The molecule has 0 bridgehead atoms. The van der Waals surface area contributed by atoms with E-state index in [1.807, 2.05) is 0 Å². The lowest BCUT2D eigenvalue weighted by Crippen LogP contribution is -2.59. The molecule has 0 amide bonds. The molecule has 0 aromatic carbocycles. The number of nitrogens with one attached hydrogen (secondary N) is 1. The monoisotopic (exact) mass is 274 g/mol. The number of sulfone groups is 1. The Labute approximate surface area is 111 Å². The second-order valence-corrected chi connectivity index (χ2v) is 8.78. The first-order chi connectivity index (χ1) is 8.44. The van der Waals surface area contributed by atoms with E-state index in [0.29, 0.717) is 17.8 Å². The summed E-state index contributed by atoms with van der Waals surface area (Å²) in [6.45, 7) is 7.25. The molecular weight excluding hydrogens is 248 g/mol. The van der Waals surface area contributed by atoms with Crippen LogP contribution < -0.4 is 5.32 Å². The third-order valence-corrected chi connectivity index (χ3v) is 6.61. The number of hydrogen-bond donors (Lipinski definition) is 1. The molecular formula is C13H26N2O2S. The third-order valence-electron chi connectivity index (χ3n) is 4.43. The largest absolute Gasteiger partial charge is 0.309 e. The molecule has 1 saturated carbocycles. The highest BCUT2D eigenvalue weighted by atomic mass is 32.2. The molecule has 4 nitrogen and oxygen atoms in total. The molecule has 1 aliphatic carbocycles. The van der Waals surface area contributed by atoms with Crippen LogP contribution in [0.25, 0.3) is 0 Å². The fourth-order valence-corrected chi connectivity index (χ4v) is 4.10. The number of hydrogen-bond acceptors (Lipinski definition) is 4. The van der Waals surface area contributed by atoms with Gasteiger partial charge in [0.05, 0.1) is 11.0 Å². The van der Waals surface area contributed by atoms with E-state index in [1.54, 1.807) is 13.8 Å². The maximum Gasteiger partial charge on any atom is 0.153 e. The van der Waals surface area contributed by atoms with Gasteiger partial charge in [-0.2, -0.15) is 0 Å². The number of piperazine rings is 1. The number of nitrogens with zero attached hydrogens (tertiary/aromatic N) is 1. The lowest BCUT2D eigenvalue weighted by Gasteiger charge is -2.41. The quantitative estimate of drug-likeness (QED) is 0.832. The third kappa shape index (κ3) is 3.25. The Kier molecular flexibility index (Phi) is 4.34. The molecule has 1 N–H and O–H groups in total. The van der Waals surface area contributed by atoms with Gasteiger partial charge in [0.2, 0.25) is 0 Å². The molecule has 1 aliphatic heterocycles. The minimum absolute atomic E-state index is 0.249. The number of rotatable bonds is 4. The van der Waals surface area contributed by atoms with E-state index in [-0.39, 0.29) is 5.25 Å². The fraction of sp³-hybridized carbons (Fsp3) is 1.00. The van der Waals surface area contributed by atoms with Gasteiger partial charge in [-0.05, 0) is 26.7 Å². The first-order valence-corrected chi connectivity index (χ1v) is 8.84. The van der Waals surface area contributed by atoms with Gasteiger partial charge in [0, 0.05) is 31.7 Å². The Morgan fingerprint density at radius 1 is 1.28 bits per heavy atom. The molecule has 0 radical (unpaired) electrons. The van der Waals surface area contributed by atoms with Gasteiger partial charge in [0.1, 0.15) is 0 Å². The first kappa shape index (κ1) is 14.3. The van der Waals surface area contributed by atoms with Crippen molar-refractivity contribution in [3.63, 3.8) is 0 Å². The second-order valence-electron chi connectivity index (χ2n) is 6.11. The van der Waals surface area contributed by atoms with Crippen molar-refractivity contribution in [2.24, 2.45) is 0 Å². The van der Waals surface area contributed by atoms with E-state index < -0.39 is 9.84 Å². The minimum atomic E-state index is -2.89. The summed E-state index contributed by atoms with van der Waals surface area (Å²) in [6, 6.07) is 0. The standard InChI is InChI=1S/C13H26N2O2S/c1-12(2)18(16,17)10-9-15-8-7-14-13(11-15)5-3-4-6-13/h12,14H,3-11H2,1-2H3. The summed E-state index contributed by atoms with van der Waals surface area (Å²) < 4.78 is 23.7. The molecule has 0 unspecified atom stereocenters. The second kappa shape index (κ2) is 5.47. The van der Waals surface area contributed by atoms with Crippen molar-refractivity contribution in [3.05, 3.63) is 0 Å².